The Bertz CT molecular complexity index is 730. The molecule has 8 nitrogen and oxygen atoms in total. The number of guanidine groups is 1. The third kappa shape index (κ3) is 4.65. The lowest BCUT2D eigenvalue weighted by atomic mass is 10.2. The van der Waals surface area contributed by atoms with Gasteiger partial charge < -0.3 is 24.7 Å². The number of nitrogens with one attached hydrogen (secondary N) is 2. The van der Waals surface area contributed by atoms with Crippen LogP contribution in [-0.2, 0) is 13.0 Å². The molecule has 0 radical (unpaired) electrons. The third-order valence-corrected chi connectivity index (χ3v) is 4.02. The highest BCUT2D eigenvalue weighted by Gasteiger charge is 2.20. The minimum absolute atomic E-state index is 0.0927. The predicted molar refractivity (Wildman–Crippen MR) is 99.7 cm³/mol. The number of nitrogens with zero attached hydrogens (tertiary/aromatic N) is 4. The van der Waals surface area contributed by atoms with Crippen LogP contribution in [0.25, 0.3) is 0 Å². The molecule has 1 unspecified atom stereocenters. The zero-order chi connectivity index (χ0) is 18.2. The van der Waals surface area contributed by atoms with Crippen LogP contribution in [0.5, 0.6) is 11.5 Å². The molecule has 1 aliphatic heterocycles. The van der Waals surface area contributed by atoms with E-state index in [2.05, 4.69) is 32.7 Å². The molecule has 0 fully saturated rings. The van der Waals surface area contributed by atoms with Gasteiger partial charge in [-0.2, -0.15) is 0 Å². The first-order valence-electron chi connectivity index (χ1n) is 9.07. The number of rotatable bonds is 7. The van der Waals surface area contributed by atoms with Gasteiger partial charge in [0.2, 0.25) is 0 Å². The number of para-hydroxylation sites is 2. The SMILES string of the molecule is CCNC(=NCC1COc2ccccc2O1)NCCn1cnnc1CC. The van der Waals surface area contributed by atoms with E-state index >= 15 is 0 Å². The highest BCUT2D eigenvalue weighted by molar-refractivity contribution is 5.79. The van der Waals surface area contributed by atoms with Crippen LogP contribution in [0.4, 0.5) is 0 Å². The van der Waals surface area contributed by atoms with E-state index in [0.717, 1.165) is 49.3 Å². The van der Waals surface area contributed by atoms with Gasteiger partial charge in [0.05, 0.1) is 6.54 Å². The van der Waals surface area contributed by atoms with Crippen molar-refractivity contribution >= 4 is 5.96 Å². The minimum atomic E-state index is -0.0927. The number of aryl methyl sites for hydroxylation is 1. The molecule has 3 rings (SSSR count). The molecule has 26 heavy (non-hydrogen) atoms. The van der Waals surface area contributed by atoms with Crippen molar-refractivity contribution in [1.29, 1.82) is 0 Å². The molecule has 2 N–H and O–H groups in total. The fourth-order valence-corrected chi connectivity index (χ4v) is 2.72. The van der Waals surface area contributed by atoms with Gasteiger partial charge in [-0.05, 0) is 19.1 Å². The van der Waals surface area contributed by atoms with E-state index in [9.17, 15) is 0 Å². The Hall–Kier alpha value is -2.77. The van der Waals surface area contributed by atoms with Gasteiger partial charge in [0.1, 0.15) is 18.8 Å². The standard InChI is InChI=1S/C18H26N6O2/c1-3-17-23-22-13-24(17)10-9-20-18(19-4-2)21-11-14-12-25-15-7-5-6-8-16(15)26-14/h5-8,13-14H,3-4,9-12H2,1-2H3,(H2,19,20,21). The summed E-state index contributed by atoms with van der Waals surface area (Å²) in [6, 6.07) is 7.71. The molecular weight excluding hydrogens is 332 g/mol. The molecule has 2 aromatic rings. The first-order chi connectivity index (χ1) is 12.8. The number of hydrogen-bond acceptors (Lipinski definition) is 5. The lowest BCUT2D eigenvalue weighted by Crippen LogP contribution is -2.40. The van der Waals surface area contributed by atoms with Crippen molar-refractivity contribution in [2.45, 2.75) is 32.9 Å². The molecule has 0 spiro atoms. The van der Waals surface area contributed by atoms with Gasteiger partial charge in [-0.3, -0.25) is 0 Å². The summed E-state index contributed by atoms with van der Waals surface area (Å²) < 4.78 is 13.7. The summed E-state index contributed by atoms with van der Waals surface area (Å²) >= 11 is 0. The average molecular weight is 358 g/mol. The third-order valence-electron chi connectivity index (χ3n) is 4.02. The van der Waals surface area contributed by atoms with Gasteiger partial charge in [0.15, 0.2) is 23.6 Å². The molecule has 1 aromatic carbocycles. The van der Waals surface area contributed by atoms with E-state index in [1.54, 1.807) is 6.33 Å². The van der Waals surface area contributed by atoms with Crippen LogP contribution < -0.4 is 20.1 Å². The number of ether oxygens (including phenoxy) is 2. The molecule has 2 heterocycles. The highest BCUT2D eigenvalue weighted by atomic mass is 16.6. The van der Waals surface area contributed by atoms with Gasteiger partial charge >= 0.3 is 0 Å². The number of aliphatic imine (C=N–C) groups is 1. The van der Waals surface area contributed by atoms with E-state index in [1.807, 2.05) is 35.8 Å². The van der Waals surface area contributed by atoms with Crippen LogP contribution >= 0.6 is 0 Å². The molecule has 1 atom stereocenters. The second kappa shape index (κ2) is 9.07. The van der Waals surface area contributed by atoms with Crippen LogP contribution in [0.3, 0.4) is 0 Å². The van der Waals surface area contributed by atoms with E-state index < -0.39 is 0 Å². The van der Waals surface area contributed by atoms with E-state index in [1.165, 1.54) is 0 Å². The Labute approximate surface area is 153 Å². The number of fused-ring (bicyclic) bond motifs is 1. The van der Waals surface area contributed by atoms with Gasteiger partial charge in [-0.25, -0.2) is 4.99 Å². The Kier molecular flexibility index (Phi) is 6.29. The first-order valence-corrected chi connectivity index (χ1v) is 9.07. The lowest BCUT2D eigenvalue weighted by Gasteiger charge is -2.25. The molecule has 0 saturated carbocycles. The summed E-state index contributed by atoms with van der Waals surface area (Å²) in [6.45, 7) is 7.46. The van der Waals surface area contributed by atoms with Crippen LogP contribution in [0.1, 0.15) is 19.7 Å². The van der Waals surface area contributed by atoms with E-state index in [-0.39, 0.29) is 6.10 Å². The molecular formula is C18H26N6O2. The van der Waals surface area contributed by atoms with Crippen molar-refractivity contribution in [1.82, 2.24) is 25.4 Å². The number of aromatic nitrogens is 3. The van der Waals surface area contributed by atoms with E-state index in [4.69, 9.17) is 9.47 Å². The lowest BCUT2D eigenvalue weighted by molar-refractivity contribution is 0.0971. The van der Waals surface area contributed by atoms with Crippen molar-refractivity contribution in [3.05, 3.63) is 36.4 Å². The Morgan fingerprint density at radius 3 is 2.92 bits per heavy atom. The molecule has 0 saturated heterocycles. The van der Waals surface area contributed by atoms with Crippen LogP contribution in [-0.4, -0.2) is 53.1 Å². The summed E-state index contributed by atoms with van der Waals surface area (Å²) in [5, 5.41) is 14.6. The topological polar surface area (TPSA) is 85.6 Å². The van der Waals surface area contributed by atoms with Gasteiger partial charge in [-0.15, -0.1) is 10.2 Å². The smallest absolute Gasteiger partial charge is 0.191 e. The minimum Gasteiger partial charge on any atom is -0.486 e. The second-order valence-corrected chi connectivity index (χ2v) is 5.94. The largest absolute Gasteiger partial charge is 0.486 e. The molecule has 0 bridgehead atoms. The van der Waals surface area contributed by atoms with Crippen LogP contribution in [0, 0.1) is 0 Å². The summed E-state index contributed by atoms with van der Waals surface area (Å²) in [4.78, 5) is 4.62. The van der Waals surface area contributed by atoms with Gasteiger partial charge in [-0.1, -0.05) is 19.1 Å². The zero-order valence-corrected chi connectivity index (χ0v) is 15.3. The van der Waals surface area contributed by atoms with Crippen LogP contribution in [0.2, 0.25) is 0 Å². The fraction of sp³-hybridized carbons (Fsp3) is 0.500. The molecule has 1 aromatic heterocycles. The molecule has 8 heteroatoms. The van der Waals surface area contributed by atoms with Crippen molar-refractivity contribution in [2.75, 3.05) is 26.2 Å². The van der Waals surface area contributed by atoms with E-state index in [0.29, 0.717) is 13.2 Å². The molecule has 140 valence electrons. The maximum Gasteiger partial charge on any atom is 0.191 e. The first kappa shape index (κ1) is 18.0. The fourth-order valence-electron chi connectivity index (χ4n) is 2.72. The predicted octanol–water partition coefficient (Wildman–Crippen LogP) is 1.24. The summed E-state index contributed by atoms with van der Waals surface area (Å²) in [7, 11) is 0. The second-order valence-electron chi connectivity index (χ2n) is 5.94. The van der Waals surface area contributed by atoms with Crippen molar-refractivity contribution in [2.24, 2.45) is 4.99 Å². The summed E-state index contributed by atoms with van der Waals surface area (Å²) in [5.41, 5.74) is 0. The maximum absolute atomic E-state index is 5.95. The number of hydrogen-bond donors (Lipinski definition) is 2. The Morgan fingerprint density at radius 1 is 1.27 bits per heavy atom. The molecule has 1 aliphatic rings. The molecule has 0 amide bonds. The van der Waals surface area contributed by atoms with Crippen molar-refractivity contribution in [3.63, 3.8) is 0 Å². The summed E-state index contributed by atoms with van der Waals surface area (Å²) in [5.74, 6) is 3.32. The Morgan fingerprint density at radius 2 is 2.12 bits per heavy atom. The average Bonchev–Trinajstić information content (AvgIpc) is 3.13. The maximum atomic E-state index is 5.95. The zero-order valence-electron chi connectivity index (χ0n) is 15.3. The van der Waals surface area contributed by atoms with Crippen molar-refractivity contribution < 1.29 is 9.47 Å². The monoisotopic (exact) mass is 358 g/mol. The normalized spacial score (nSPS) is 16.4. The van der Waals surface area contributed by atoms with Gasteiger partial charge in [0.25, 0.3) is 0 Å². The Balaban J connectivity index is 1.51. The van der Waals surface area contributed by atoms with Crippen molar-refractivity contribution in [3.8, 4) is 11.5 Å². The van der Waals surface area contributed by atoms with Gasteiger partial charge in [0, 0.05) is 26.1 Å². The summed E-state index contributed by atoms with van der Waals surface area (Å²) in [6.07, 6.45) is 2.54. The highest BCUT2D eigenvalue weighted by Crippen LogP contribution is 2.30. The quantitative estimate of drug-likeness (QED) is 0.572. The number of benzene rings is 1. The molecule has 0 aliphatic carbocycles. The van der Waals surface area contributed by atoms with Crippen LogP contribution in [0.15, 0.2) is 35.6 Å².